The van der Waals surface area contributed by atoms with Gasteiger partial charge in [0.15, 0.2) is 0 Å². The van der Waals surface area contributed by atoms with Gasteiger partial charge in [0.2, 0.25) is 5.91 Å². The number of halogens is 1. The molecule has 0 spiro atoms. The minimum Gasteiger partial charge on any atom is -0.335 e. The summed E-state index contributed by atoms with van der Waals surface area (Å²) in [5.41, 5.74) is 0.614. The van der Waals surface area contributed by atoms with Crippen LogP contribution in [-0.4, -0.2) is 29.4 Å². The second-order valence-corrected chi connectivity index (χ2v) is 5.82. The van der Waals surface area contributed by atoms with Crippen molar-refractivity contribution in [3.63, 3.8) is 0 Å². The van der Waals surface area contributed by atoms with Crippen LogP contribution in [0.3, 0.4) is 0 Å². The zero-order chi connectivity index (χ0) is 13.9. The van der Waals surface area contributed by atoms with E-state index in [1.54, 1.807) is 12.1 Å². The van der Waals surface area contributed by atoms with Crippen LogP contribution in [0.15, 0.2) is 24.3 Å². The highest BCUT2D eigenvalue weighted by Crippen LogP contribution is 2.29. The lowest BCUT2D eigenvalue weighted by atomic mass is 10.2. The number of benzene rings is 1. The number of nitrogens with one attached hydrogen (secondary N) is 1. The predicted molar refractivity (Wildman–Crippen MR) is 75.6 cm³/mol. The minimum atomic E-state index is -0.220. The summed E-state index contributed by atoms with van der Waals surface area (Å²) in [6, 6.07) is 7.68. The Morgan fingerprint density at radius 3 is 2.65 bits per heavy atom. The molecule has 1 aromatic carbocycles. The first-order valence-electron chi connectivity index (χ1n) is 7.50. The van der Waals surface area contributed by atoms with E-state index in [0.717, 1.165) is 19.4 Å². The lowest BCUT2D eigenvalue weighted by molar-refractivity contribution is -0.132. The lowest BCUT2D eigenvalue weighted by Gasteiger charge is -2.23. The molecule has 2 fully saturated rings. The summed E-state index contributed by atoms with van der Waals surface area (Å²) in [5.74, 6) is -0.0778. The van der Waals surface area contributed by atoms with Gasteiger partial charge in [-0.05, 0) is 31.7 Å². The van der Waals surface area contributed by atoms with Crippen molar-refractivity contribution in [2.45, 2.75) is 50.7 Å². The average Bonchev–Trinajstić information content (AvgIpc) is 3.31. The number of nitrogens with zero attached hydrogens (tertiary/aromatic N) is 1. The van der Waals surface area contributed by atoms with Gasteiger partial charge in [-0.2, -0.15) is 0 Å². The van der Waals surface area contributed by atoms with E-state index in [2.05, 4.69) is 5.32 Å². The molecule has 1 aromatic rings. The Balaban J connectivity index is 1.57. The van der Waals surface area contributed by atoms with E-state index in [4.69, 9.17) is 0 Å². The topological polar surface area (TPSA) is 32.3 Å². The van der Waals surface area contributed by atoms with E-state index in [9.17, 15) is 9.18 Å². The Kier molecular flexibility index (Phi) is 4.01. The van der Waals surface area contributed by atoms with Gasteiger partial charge in [0, 0.05) is 37.2 Å². The Labute approximate surface area is 119 Å². The molecule has 1 amide bonds. The fourth-order valence-electron chi connectivity index (χ4n) is 2.43. The van der Waals surface area contributed by atoms with Gasteiger partial charge in [-0.3, -0.25) is 4.79 Å². The van der Waals surface area contributed by atoms with Gasteiger partial charge >= 0.3 is 0 Å². The summed E-state index contributed by atoms with van der Waals surface area (Å²) in [6.07, 6.45) is 5.08. The van der Waals surface area contributed by atoms with E-state index in [1.807, 2.05) is 11.0 Å². The molecular formula is C16H21FN2O. The average molecular weight is 276 g/mol. The van der Waals surface area contributed by atoms with Crippen molar-refractivity contribution < 1.29 is 9.18 Å². The molecule has 2 aliphatic rings. The minimum absolute atomic E-state index is 0.143. The number of hydrogen-bond donors (Lipinski definition) is 1. The largest absolute Gasteiger partial charge is 0.335 e. The van der Waals surface area contributed by atoms with E-state index in [-0.39, 0.29) is 11.7 Å². The van der Waals surface area contributed by atoms with Gasteiger partial charge in [0.05, 0.1) is 0 Å². The lowest BCUT2D eigenvalue weighted by Crippen LogP contribution is -2.35. The maximum atomic E-state index is 13.7. The summed E-state index contributed by atoms with van der Waals surface area (Å²) in [6.45, 7) is 1.14. The number of rotatable bonds is 7. The van der Waals surface area contributed by atoms with Crippen molar-refractivity contribution in [3.05, 3.63) is 35.6 Å². The molecule has 0 atom stereocenters. The predicted octanol–water partition coefficient (Wildman–Crippen LogP) is 2.46. The van der Waals surface area contributed by atoms with Gasteiger partial charge < -0.3 is 10.2 Å². The van der Waals surface area contributed by atoms with Gasteiger partial charge in [-0.15, -0.1) is 0 Å². The van der Waals surface area contributed by atoms with Crippen LogP contribution in [0.5, 0.6) is 0 Å². The SMILES string of the molecule is O=C(CCNC1CC1)N(Cc1ccccc1F)C1CC1. The van der Waals surface area contributed by atoms with Crippen LogP contribution in [-0.2, 0) is 11.3 Å². The van der Waals surface area contributed by atoms with E-state index >= 15 is 0 Å². The monoisotopic (exact) mass is 276 g/mol. The van der Waals surface area contributed by atoms with E-state index < -0.39 is 0 Å². The third kappa shape index (κ3) is 3.57. The van der Waals surface area contributed by atoms with Crippen molar-refractivity contribution in [1.82, 2.24) is 10.2 Å². The molecule has 0 saturated heterocycles. The standard InChI is InChI=1S/C16H21FN2O/c17-15-4-2-1-3-12(15)11-19(14-7-8-14)16(20)9-10-18-13-5-6-13/h1-4,13-14,18H,5-11H2. The summed E-state index contributed by atoms with van der Waals surface area (Å²) in [7, 11) is 0. The van der Waals surface area contributed by atoms with E-state index in [0.29, 0.717) is 30.6 Å². The second-order valence-electron chi connectivity index (χ2n) is 5.82. The molecule has 0 aromatic heterocycles. The first-order chi connectivity index (χ1) is 9.74. The first-order valence-corrected chi connectivity index (χ1v) is 7.50. The Morgan fingerprint density at radius 2 is 2.00 bits per heavy atom. The third-order valence-corrected chi connectivity index (χ3v) is 3.96. The summed E-state index contributed by atoms with van der Waals surface area (Å²) < 4.78 is 13.7. The van der Waals surface area contributed by atoms with Crippen molar-refractivity contribution in [1.29, 1.82) is 0 Å². The van der Waals surface area contributed by atoms with E-state index in [1.165, 1.54) is 18.9 Å². The first kappa shape index (κ1) is 13.6. The van der Waals surface area contributed by atoms with Crippen LogP contribution in [0, 0.1) is 5.82 Å². The van der Waals surface area contributed by atoms with Crippen LogP contribution in [0.4, 0.5) is 4.39 Å². The number of amides is 1. The fraction of sp³-hybridized carbons (Fsp3) is 0.562. The van der Waals surface area contributed by atoms with Gasteiger partial charge in [-0.25, -0.2) is 4.39 Å². The molecule has 0 radical (unpaired) electrons. The zero-order valence-electron chi connectivity index (χ0n) is 11.6. The maximum absolute atomic E-state index is 13.7. The second kappa shape index (κ2) is 5.92. The zero-order valence-corrected chi connectivity index (χ0v) is 11.6. The highest BCUT2D eigenvalue weighted by atomic mass is 19.1. The number of hydrogen-bond acceptors (Lipinski definition) is 2. The number of carbonyl (C=O) groups is 1. The molecule has 0 heterocycles. The van der Waals surface area contributed by atoms with Crippen LogP contribution in [0.2, 0.25) is 0 Å². The molecular weight excluding hydrogens is 255 g/mol. The Morgan fingerprint density at radius 1 is 1.25 bits per heavy atom. The Hall–Kier alpha value is -1.42. The molecule has 0 bridgehead atoms. The van der Waals surface area contributed by atoms with Crippen molar-refractivity contribution in [3.8, 4) is 0 Å². The summed E-state index contributed by atoms with van der Waals surface area (Å²) in [4.78, 5) is 14.2. The smallest absolute Gasteiger partial charge is 0.224 e. The molecule has 2 saturated carbocycles. The van der Waals surface area contributed by atoms with Crippen LogP contribution < -0.4 is 5.32 Å². The summed E-state index contributed by atoms with van der Waals surface area (Å²) >= 11 is 0. The van der Waals surface area contributed by atoms with Crippen LogP contribution in [0.25, 0.3) is 0 Å². The number of carbonyl (C=O) groups excluding carboxylic acids is 1. The maximum Gasteiger partial charge on any atom is 0.224 e. The molecule has 3 nitrogen and oxygen atoms in total. The molecule has 108 valence electrons. The molecule has 2 aliphatic carbocycles. The normalized spacial score (nSPS) is 18.1. The Bertz CT molecular complexity index is 483. The van der Waals surface area contributed by atoms with Crippen LogP contribution in [0.1, 0.15) is 37.7 Å². The van der Waals surface area contributed by atoms with Gasteiger partial charge in [0.25, 0.3) is 0 Å². The fourth-order valence-corrected chi connectivity index (χ4v) is 2.43. The van der Waals surface area contributed by atoms with Gasteiger partial charge in [0.1, 0.15) is 5.82 Å². The molecule has 0 unspecified atom stereocenters. The molecule has 0 aliphatic heterocycles. The molecule has 3 rings (SSSR count). The van der Waals surface area contributed by atoms with Crippen molar-refractivity contribution >= 4 is 5.91 Å². The third-order valence-electron chi connectivity index (χ3n) is 3.96. The molecule has 20 heavy (non-hydrogen) atoms. The summed E-state index contributed by atoms with van der Waals surface area (Å²) in [5, 5.41) is 3.36. The molecule has 4 heteroatoms. The highest BCUT2D eigenvalue weighted by molar-refractivity contribution is 5.77. The van der Waals surface area contributed by atoms with Crippen molar-refractivity contribution in [2.24, 2.45) is 0 Å². The highest BCUT2D eigenvalue weighted by Gasteiger charge is 2.32. The quantitative estimate of drug-likeness (QED) is 0.829. The van der Waals surface area contributed by atoms with Gasteiger partial charge in [-0.1, -0.05) is 18.2 Å². The van der Waals surface area contributed by atoms with Crippen molar-refractivity contribution in [2.75, 3.05) is 6.54 Å². The van der Waals surface area contributed by atoms with Crippen LogP contribution >= 0.6 is 0 Å². The molecule has 1 N–H and O–H groups in total.